The molecule has 0 N–H and O–H groups in total. The molecule has 0 spiro atoms. The van der Waals surface area contributed by atoms with E-state index in [0.717, 1.165) is 0 Å². The summed E-state index contributed by atoms with van der Waals surface area (Å²) in [7, 11) is -5.46. The van der Waals surface area contributed by atoms with Crippen LogP contribution in [0.2, 0.25) is 5.02 Å². The van der Waals surface area contributed by atoms with Crippen molar-refractivity contribution in [1.82, 2.24) is 4.90 Å². The zero-order chi connectivity index (χ0) is 19.3. The molecule has 1 unspecified atom stereocenters. The van der Waals surface area contributed by atoms with Crippen molar-refractivity contribution in [2.75, 3.05) is 28.6 Å². The summed E-state index contributed by atoms with van der Waals surface area (Å²) in [5, 5.41) is 0.0338. The summed E-state index contributed by atoms with van der Waals surface area (Å²) >= 11 is 6.06. The Bertz CT molecular complexity index is 989. The fourth-order valence-corrected chi connectivity index (χ4v) is 6.59. The van der Waals surface area contributed by atoms with E-state index in [0.29, 0.717) is 10.7 Å². The minimum atomic E-state index is -3.81. The SMILES string of the molecule is CN(C(=O)c1ccc(Cl)c(N2C(=O)CCS2(=O)=O)c1)C1CCS(=O)(=O)C1. The van der Waals surface area contributed by atoms with Crippen LogP contribution in [0.1, 0.15) is 23.2 Å². The Morgan fingerprint density at radius 1 is 1.23 bits per heavy atom. The van der Waals surface area contributed by atoms with E-state index in [1.807, 2.05) is 0 Å². The maximum atomic E-state index is 12.7. The van der Waals surface area contributed by atoms with Gasteiger partial charge in [0.25, 0.3) is 5.91 Å². The van der Waals surface area contributed by atoms with Gasteiger partial charge in [0, 0.05) is 25.1 Å². The summed E-state index contributed by atoms with van der Waals surface area (Å²) in [6.45, 7) is 0. The molecule has 2 heterocycles. The smallest absolute Gasteiger partial charge is 0.253 e. The van der Waals surface area contributed by atoms with E-state index in [4.69, 9.17) is 11.6 Å². The van der Waals surface area contributed by atoms with Crippen LogP contribution < -0.4 is 4.31 Å². The number of sulfonamides is 1. The van der Waals surface area contributed by atoms with Crippen molar-refractivity contribution in [3.63, 3.8) is 0 Å². The van der Waals surface area contributed by atoms with Crippen LogP contribution in [0.5, 0.6) is 0 Å². The number of hydrogen-bond donors (Lipinski definition) is 0. The number of halogens is 1. The van der Waals surface area contributed by atoms with Gasteiger partial charge in [0.05, 0.1) is 28.0 Å². The molecule has 26 heavy (non-hydrogen) atoms. The van der Waals surface area contributed by atoms with Crippen molar-refractivity contribution < 1.29 is 26.4 Å². The molecule has 0 radical (unpaired) electrons. The number of benzene rings is 1. The lowest BCUT2D eigenvalue weighted by Crippen LogP contribution is -2.38. The van der Waals surface area contributed by atoms with Crippen molar-refractivity contribution >= 4 is 49.0 Å². The van der Waals surface area contributed by atoms with Crippen molar-refractivity contribution in [2.24, 2.45) is 0 Å². The van der Waals surface area contributed by atoms with Crippen LogP contribution in [0, 0.1) is 0 Å². The van der Waals surface area contributed by atoms with E-state index in [1.165, 1.54) is 30.1 Å². The normalized spacial score (nSPS) is 24.0. The fraction of sp³-hybridized carbons (Fsp3) is 0.467. The van der Waals surface area contributed by atoms with Gasteiger partial charge in [-0.05, 0) is 24.6 Å². The van der Waals surface area contributed by atoms with Gasteiger partial charge in [-0.2, -0.15) is 0 Å². The first-order valence-corrected chi connectivity index (χ1v) is 11.7. The maximum absolute atomic E-state index is 12.7. The molecule has 1 aromatic carbocycles. The van der Waals surface area contributed by atoms with Crippen molar-refractivity contribution in [2.45, 2.75) is 18.9 Å². The van der Waals surface area contributed by atoms with E-state index in [9.17, 15) is 26.4 Å². The average Bonchev–Trinajstić information content (AvgIpc) is 3.05. The lowest BCUT2D eigenvalue weighted by Gasteiger charge is -2.24. The van der Waals surface area contributed by atoms with Crippen LogP contribution in [0.4, 0.5) is 5.69 Å². The molecule has 0 aliphatic carbocycles. The van der Waals surface area contributed by atoms with Crippen LogP contribution in [-0.4, -0.2) is 63.9 Å². The summed E-state index contributed by atoms with van der Waals surface area (Å²) in [5.41, 5.74) is 0.0681. The number of rotatable bonds is 3. The molecule has 2 aliphatic rings. The number of carbonyl (C=O) groups is 2. The van der Waals surface area contributed by atoms with Gasteiger partial charge in [0.1, 0.15) is 0 Å². The average molecular weight is 421 g/mol. The zero-order valence-electron chi connectivity index (χ0n) is 13.9. The molecule has 1 atom stereocenters. The van der Waals surface area contributed by atoms with Gasteiger partial charge in [0.2, 0.25) is 15.9 Å². The summed E-state index contributed by atoms with van der Waals surface area (Å²) in [6.07, 6.45) is 0.209. The molecular formula is C15H17ClN2O6S2. The fourth-order valence-electron chi connectivity index (χ4n) is 3.10. The van der Waals surface area contributed by atoms with Crippen LogP contribution in [-0.2, 0) is 24.7 Å². The summed E-state index contributed by atoms with van der Waals surface area (Å²) in [4.78, 5) is 26.0. The first kappa shape index (κ1) is 19.1. The van der Waals surface area contributed by atoms with E-state index < -0.39 is 37.7 Å². The second-order valence-corrected chi connectivity index (χ2v) is 10.9. The van der Waals surface area contributed by atoms with Gasteiger partial charge in [-0.1, -0.05) is 11.6 Å². The monoisotopic (exact) mass is 420 g/mol. The second-order valence-electron chi connectivity index (χ2n) is 6.36. The molecule has 0 bridgehead atoms. The first-order chi connectivity index (χ1) is 12.0. The Balaban J connectivity index is 1.92. The van der Waals surface area contributed by atoms with Crippen molar-refractivity contribution in [1.29, 1.82) is 0 Å². The van der Waals surface area contributed by atoms with E-state index >= 15 is 0 Å². The predicted octanol–water partition coefficient (Wildman–Crippen LogP) is 0.666. The van der Waals surface area contributed by atoms with Gasteiger partial charge < -0.3 is 4.90 Å². The largest absolute Gasteiger partial charge is 0.338 e. The molecule has 0 aromatic heterocycles. The maximum Gasteiger partial charge on any atom is 0.253 e. The number of hydrogen-bond acceptors (Lipinski definition) is 6. The third-order valence-corrected chi connectivity index (χ3v) is 8.31. The quantitative estimate of drug-likeness (QED) is 0.710. The van der Waals surface area contributed by atoms with Crippen LogP contribution in [0.3, 0.4) is 0 Å². The summed E-state index contributed by atoms with van der Waals surface area (Å²) in [5.74, 6) is -1.45. The van der Waals surface area contributed by atoms with Crippen LogP contribution in [0.15, 0.2) is 18.2 Å². The molecule has 2 saturated heterocycles. The minimum Gasteiger partial charge on any atom is -0.338 e. The van der Waals surface area contributed by atoms with E-state index in [2.05, 4.69) is 0 Å². The summed E-state index contributed by atoms with van der Waals surface area (Å²) < 4.78 is 48.1. The Morgan fingerprint density at radius 2 is 1.92 bits per heavy atom. The van der Waals surface area contributed by atoms with E-state index in [-0.39, 0.29) is 40.0 Å². The first-order valence-electron chi connectivity index (χ1n) is 7.85. The highest BCUT2D eigenvalue weighted by Gasteiger charge is 2.38. The predicted molar refractivity (Wildman–Crippen MR) is 96.5 cm³/mol. The number of anilines is 1. The number of nitrogens with zero attached hydrogens (tertiary/aromatic N) is 2. The highest BCUT2D eigenvalue weighted by molar-refractivity contribution is 7.94. The number of carbonyl (C=O) groups excluding carboxylic acids is 2. The molecule has 11 heteroatoms. The Hall–Kier alpha value is -1.65. The Kier molecular flexibility index (Phi) is 4.78. The molecule has 142 valence electrons. The van der Waals surface area contributed by atoms with Gasteiger partial charge >= 0.3 is 0 Å². The van der Waals surface area contributed by atoms with E-state index in [1.54, 1.807) is 0 Å². The van der Waals surface area contributed by atoms with Crippen LogP contribution in [0.25, 0.3) is 0 Å². The molecule has 2 amide bonds. The van der Waals surface area contributed by atoms with Gasteiger partial charge in [-0.3, -0.25) is 9.59 Å². The third-order valence-electron chi connectivity index (χ3n) is 4.57. The molecule has 2 aliphatic heterocycles. The van der Waals surface area contributed by atoms with Crippen molar-refractivity contribution in [3.05, 3.63) is 28.8 Å². The molecule has 3 rings (SSSR count). The number of sulfone groups is 1. The molecule has 2 fully saturated rings. The third kappa shape index (κ3) is 3.45. The Labute approximate surface area is 156 Å². The summed E-state index contributed by atoms with van der Waals surface area (Å²) in [6, 6.07) is 3.58. The Morgan fingerprint density at radius 3 is 2.46 bits per heavy atom. The number of amides is 2. The minimum absolute atomic E-state index is 0.0294. The molecule has 8 nitrogen and oxygen atoms in total. The lowest BCUT2D eigenvalue weighted by atomic mass is 10.1. The topological polar surface area (TPSA) is 109 Å². The van der Waals surface area contributed by atoms with Gasteiger partial charge in [0.15, 0.2) is 9.84 Å². The zero-order valence-corrected chi connectivity index (χ0v) is 16.3. The molecule has 0 saturated carbocycles. The lowest BCUT2D eigenvalue weighted by molar-refractivity contribution is -0.116. The standard InChI is InChI=1S/C15H17ClN2O6S2/c1-17(11-4-6-25(21,22)9-11)15(20)10-2-3-12(16)13(8-10)18-14(19)5-7-26(18,23)24/h2-3,8,11H,4-7,9H2,1H3. The highest BCUT2D eigenvalue weighted by Crippen LogP contribution is 2.33. The van der Waals surface area contributed by atoms with Crippen LogP contribution >= 0.6 is 11.6 Å². The molecule has 1 aromatic rings. The second kappa shape index (κ2) is 6.50. The van der Waals surface area contributed by atoms with Gasteiger partial charge in [-0.15, -0.1) is 0 Å². The highest BCUT2D eigenvalue weighted by atomic mass is 35.5. The molecular weight excluding hydrogens is 404 g/mol. The van der Waals surface area contributed by atoms with Crippen molar-refractivity contribution in [3.8, 4) is 0 Å². The van der Waals surface area contributed by atoms with Gasteiger partial charge in [-0.25, -0.2) is 21.1 Å².